The number of hydrogen-bond donors (Lipinski definition) is 0. The quantitative estimate of drug-likeness (QED) is 0.281. The molecule has 0 saturated heterocycles. The molecule has 0 bridgehead atoms. The molecule has 0 aromatic heterocycles. The summed E-state index contributed by atoms with van der Waals surface area (Å²) in [6.07, 6.45) is 0. The van der Waals surface area contributed by atoms with Crippen LogP contribution >= 0.6 is 27.7 Å². The molecule has 0 radical (unpaired) electrons. The second-order valence-corrected chi connectivity index (χ2v) is 10.0. The molecule has 0 heterocycles. The molecule has 0 amide bonds. The third-order valence-corrected chi connectivity index (χ3v) is 7.84. The highest BCUT2D eigenvalue weighted by atomic mass is 79.9. The SMILES string of the molecule is Brc1ccc(Sc2ccc([S+](c3ccccc3)c3ccccc3)cc2)cc1. The molecule has 132 valence electrons. The highest BCUT2D eigenvalue weighted by Crippen LogP contribution is 2.34. The lowest BCUT2D eigenvalue weighted by Crippen LogP contribution is -2.04. The standard InChI is InChI=1S/C24H18BrS2/c25-19-11-13-20(14-12-19)26-21-15-17-24(18-16-21)27(22-7-3-1-4-8-22)23-9-5-2-6-10-23/h1-18H/q+1. The topological polar surface area (TPSA) is 0 Å². The Hall–Kier alpha value is -1.94. The minimum atomic E-state index is -0.0879. The zero-order valence-electron chi connectivity index (χ0n) is 14.6. The van der Waals surface area contributed by atoms with Crippen molar-refractivity contribution in [2.24, 2.45) is 0 Å². The molecule has 0 unspecified atom stereocenters. The second-order valence-electron chi connectivity index (χ2n) is 5.96. The van der Waals surface area contributed by atoms with Crippen molar-refractivity contribution in [3.05, 3.63) is 114 Å². The van der Waals surface area contributed by atoms with E-state index in [4.69, 9.17) is 0 Å². The summed E-state index contributed by atoms with van der Waals surface area (Å²) >= 11 is 5.28. The summed E-state index contributed by atoms with van der Waals surface area (Å²) in [5.41, 5.74) is 0. The Kier molecular flexibility index (Phi) is 6.03. The second kappa shape index (κ2) is 8.83. The molecule has 0 saturated carbocycles. The van der Waals surface area contributed by atoms with Gasteiger partial charge in [0.25, 0.3) is 0 Å². The van der Waals surface area contributed by atoms with Gasteiger partial charge in [0, 0.05) is 14.3 Å². The largest absolute Gasteiger partial charge is 0.166 e. The van der Waals surface area contributed by atoms with Crippen LogP contribution < -0.4 is 0 Å². The van der Waals surface area contributed by atoms with Crippen molar-refractivity contribution in [1.29, 1.82) is 0 Å². The van der Waals surface area contributed by atoms with E-state index in [1.807, 2.05) is 0 Å². The van der Waals surface area contributed by atoms with Gasteiger partial charge in [0.05, 0.1) is 10.9 Å². The number of halogens is 1. The summed E-state index contributed by atoms with van der Waals surface area (Å²) in [4.78, 5) is 6.53. The van der Waals surface area contributed by atoms with Gasteiger partial charge in [-0.2, -0.15) is 0 Å². The van der Waals surface area contributed by atoms with E-state index < -0.39 is 0 Å². The van der Waals surface area contributed by atoms with Crippen LogP contribution in [0.4, 0.5) is 0 Å². The number of hydrogen-bond acceptors (Lipinski definition) is 1. The summed E-state index contributed by atoms with van der Waals surface area (Å²) in [6, 6.07) is 39.0. The Balaban J connectivity index is 1.64. The molecule has 4 rings (SSSR count). The Morgan fingerprint density at radius 3 is 1.37 bits per heavy atom. The van der Waals surface area contributed by atoms with E-state index in [1.54, 1.807) is 11.8 Å². The van der Waals surface area contributed by atoms with Crippen molar-refractivity contribution in [2.45, 2.75) is 24.5 Å². The highest BCUT2D eigenvalue weighted by Gasteiger charge is 2.28. The van der Waals surface area contributed by atoms with Gasteiger partial charge in [-0.3, -0.25) is 0 Å². The summed E-state index contributed by atoms with van der Waals surface area (Å²) in [5, 5.41) is 0. The van der Waals surface area contributed by atoms with Crippen LogP contribution in [0.25, 0.3) is 0 Å². The van der Waals surface area contributed by atoms with Gasteiger partial charge >= 0.3 is 0 Å². The molecular formula is C24H18BrS2+. The van der Waals surface area contributed by atoms with Crippen LogP contribution in [-0.4, -0.2) is 0 Å². The molecule has 3 heteroatoms. The van der Waals surface area contributed by atoms with Crippen molar-refractivity contribution < 1.29 is 0 Å². The van der Waals surface area contributed by atoms with Crippen molar-refractivity contribution in [1.82, 2.24) is 0 Å². The molecule has 0 fully saturated rings. The zero-order chi connectivity index (χ0) is 18.5. The van der Waals surface area contributed by atoms with E-state index in [2.05, 4.69) is 125 Å². The van der Waals surface area contributed by atoms with E-state index >= 15 is 0 Å². The van der Waals surface area contributed by atoms with Crippen molar-refractivity contribution in [3.63, 3.8) is 0 Å². The minimum absolute atomic E-state index is 0.0879. The maximum atomic E-state index is 3.49. The van der Waals surface area contributed by atoms with Crippen LogP contribution in [0.2, 0.25) is 0 Å². The van der Waals surface area contributed by atoms with E-state index in [9.17, 15) is 0 Å². The Morgan fingerprint density at radius 2 is 0.889 bits per heavy atom. The first-order chi connectivity index (χ1) is 13.3. The first kappa shape index (κ1) is 18.4. The van der Waals surface area contributed by atoms with E-state index in [-0.39, 0.29) is 10.9 Å². The van der Waals surface area contributed by atoms with Crippen LogP contribution in [0.15, 0.2) is 138 Å². The molecule has 0 nitrogen and oxygen atoms in total. The van der Waals surface area contributed by atoms with E-state index in [1.165, 1.54) is 24.5 Å². The molecule has 4 aromatic carbocycles. The summed E-state index contributed by atoms with van der Waals surface area (Å²) in [6.45, 7) is 0. The average Bonchev–Trinajstić information content (AvgIpc) is 2.73. The molecular weight excluding hydrogens is 432 g/mol. The van der Waals surface area contributed by atoms with Crippen LogP contribution in [0, 0.1) is 0 Å². The fourth-order valence-electron chi connectivity index (χ4n) is 2.80. The predicted molar refractivity (Wildman–Crippen MR) is 120 cm³/mol. The lowest BCUT2D eigenvalue weighted by atomic mass is 10.3. The molecule has 4 aromatic rings. The smallest absolute Gasteiger partial charge is 0.0901 e. The molecule has 0 aliphatic heterocycles. The van der Waals surface area contributed by atoms with Crippen molar-refractivity contribution in [2.75, 3.05) is 0 Å². The van der Waals surface area contributed by atoms with Gasteiger partial charge in [-0.05, 0) is 72.8 Å². The van der Waals surface area contributed by atoms with Crippen molar-refractivity contribution >= 4 is 38.6 Å². The highest BCUT2D eigenvalue weighted by molar-refractivity contribution is 9.10. The van der Waals surface area contributed by atoms with Gasteiger partial charge in [0.2, 0.25) is 0 Å². The molecule has 27 heavy (non-hydrogen) atoms. The summed E-state index contributed by atoms with van der Waals surface area (Å²) in [5.74, 6) is 0. The lowest BCUT2D eigenvalue weighted by molar-refractivity contribution is 1.28. The van der Waals surface area contributed by atoms with Gasteiger partial charge in [0.1, 0.15) is 0 Å². The molecule has 0 aliphatic rings. The summed E-state index contributed by atoms with van der Waals surface area (Å²) in [7, 11) is -0.0879. The molecule has 0 spiro atoms. The maximum absolute atomic E-state index is 3.49. The average molecular weight is 450 g/mol. The van der Waals surface area contributed by atoms with Crippen molar-refractivity contribution in [3.8, 4) is 0 Å². The van der Waals surface area contributed by atoms with E-state index in [0.29, 0.717) is 0 Å². The first-order valence-electron chi connectivity index (χ1n) is 8.67. The van der Waals surface area contributed by atoms with Crippen LogP contribution in [0.3, 0.4) is 0 Å². The first-order valence-corrected chi connectivity index (χ1v) is 11.5. The maximum Gasteiger partial charge on any atom is 0.166 e. The molecule has 0 N–H and O–H groups in total. The van der Waals surface area contributed by atoms with Crippen LogP contribution in [0.1, 0.15) is 0 Å². The Bertz CT molecular complexity index is 942. The van der Waals surface area contributed by atoms with E-state index in [0.717, 1.165) is 4.47 Å². The fraction of sp³-hybridized carbons (Fsp3) is 0. The predicted octanol–water partition coefficient (Wildman–Crippen LogP) is 7.70. The van der Waals surface area contributed by atoms with Crippen LogP contribution in [-0.2, 0) is 10.9 Å². The van der Waals surface area contributed by atoms with Gasteiger partial charge in [-0.15, -0.1) is 0 Å². The van der Waals surface area contributed by atoms with Crippen LogP contribution in [0.5, 0.6) is 0 Å². The molecule has 0 atom stereocenters. The Labute approximate surface area is 176 Å². The monoisotopic (exact) mass is 449 g/mol. The third-order valence-electron chi connectivity index (χ3n) is 4.07. The lowest BCUT2D eigenvalue weighted by Gasteiger charge is -2.08. The van der Waals surface area contributed by atoms with Gasteiger partial charge < -0.3 is 0 Å². The summed E-state index contributed by atoms with van der Waals surface area (Å²) < 4.78 is 1.11. The normalized spacial score (nSPS) is 10.9. The molecule has 0 aliphatic carbocycles. The minimum Gasteiger partial charge on any atom is -0.0901 e. The fourth-order valence-corrected chi connectivity index (χ4v) is 5.97. The van der Waals surface area contributed by atoms with Gasteiger partial charge in [0.15, 0.2) is 14.7 Å². The van der Waals surface area contributed by atoms with Gasteiger partial charge in [-0.25, -0.2) is 0 Å². The number of rotatable bonds is 5. The number of benzene rings is 4. The zero-order valence-corrected chi connectivity index (χ0v) is 17.8. The van der Waals surface area contributed by atoms with Gasteiger partial charge in [-0.1, -0.05) is 64.1 Å². The Morgan fingerprint density at radius 1 is 0.481 bits per heavy atom. The third kappa shape index (κ3) is 4.67.